The number of aliphatic hydroxyl groups excluding tert-OH is 1. The van der Waals surface area contributed by atoms with Crippen LogP contribution in [-0.4, -0.2) is 90.2 Å². The number of carbonyl (C=O) groups is 3. The summed E-state index contributed by atoms with van der Waals surface area (Å²) in [5.41, 5.74) is -0.0986. The van der Waals surface area contributed by atoms with Crippen LogP contribution in [0.25, 0.3) is 6.08 Å². The molecule has 3 saturated heterocycles. The van der Waals surface area contributed by atoms with Crippen molar-refractivity contribution in [3.8, 4) is 0 Å². The van der Waals surface area contributed by atoms with Crippen LogP contribution in [0.1, 0.15) is 43.2 Å². The second-order valence-corrected chi connectivity index (χ2v) is 12.4. The summed E-state index contributed by atoms with van der Waals surface area (Å²) in [5, 5.41) is 13.6. The van der Waals surface area contributed by atoms with Crippen LogP contribution < -0.4 is 5.32 Å². The third kappa shape index (κ3) is 5.10. The van der Waals surface area contributed by atoms with Crippen molar-refractivity contribution in [1.82, 2.24) is 10.4 Å². The van der Waals surface area contributed by atoms with Crippen LogP contribution in [0.4, 0.5) is 13.2 Å². The Bertz CT molecular complexity index is 1330. The molecule has 3 saturated carbocycles. The number of carbonyl (C=O) groups excluding carboxylic acids is 3. The first-order valence-corrected chi connectivity index (χ1v) is 14.9. The lowest BCUT2D eigenvalue weighted by Gasteiger charge is -2.48. The molecule has 238 valence electrons. The smallest absolute Gasteiger partial charge is 0.422 e. The molecule has 1 aromatic rings. The van der Waals surface area contributed by atoms with E-state index in [0.717, 1.165) is 31.8 Å². The van der Waals surface area contributed by atoms with Gasteiger partial charge in [-0.1, -0.05) is 24.3 Å². The predicted octanol–water partition coefficient (Wildman–Crippen LogP) is 2.01. The first-order chi connectivity index (χ1) is 21.0. The highest BCUT2D eigenvalue weighted by atomic mass is 19.4. The summed E-state index contributed by atoms with van der Waals surface area (Å²) in [7, 11) is 0. The van der Waals surface area contributed by atoms with E-state index in [-0.39, 0.29) is 38.0 Å². The van der Waals surface area contributed by atoms with Crippen molar-refractivity contribution < 1.29 is 56.4 Å². The van der Waals surface area contributed by atoms with Gasteiger partial charge in [-0.05, 0) is 42.9 Å². The summed E-state index contributed by atoms with van der Waals surface area (Å²) in [4.78, 5) is 45.6. The average molecular weight is 623 g/mol. The highest BCUT2D eigenvalue weighted by molar-refractivity contribution is 5.93. The van der Waals surface area contributed by atoms with Crippen LogP contribution in [0.3, 0.4) is 0 Å². The molecule has 11 nitrogen and oxygen atoms in total. The Hall–Kier alpha value is -3.04. The van der Waals surface area contributed by atoms with Gasteiger partial charge in [0.2, 0.25) is 5.91 Å². The van der Waals surface area contributed by atoms with E-state index < -0.39 is 72.3 Å². The Morgan fingerprint density at radius 1 is 1.09 bits per heavy atom. The number of amides is 1. The minimum absolute atomic E-state index is 0.0119. The predicted molar refractivity (Wildman–Crippen MR) is 142 cm³/mol. The summed E-state index contributed by atoms with van der Waals surface area (Å²) in [6, 6.07) is 5.64. The number of hydroxylamine groups is 2. The van der Waals surface area contributed by atoms with E-state index in [1.54, 1.807) is 24.3 Å². The molecule has 3 aliphatic carbocycles. The van der Waals surface area contributed by atoms with Gasteiger partial charge in [-0.2, -0.15) is 18.2 Å². The number of halogens is 3. The lowest BCUT2D eigenvalue weighted by molar-refractivity contribution is -0.235. The summed E-state index contributed by atoms with van der Waals surface area (Å²) in [5.74, 6) is -2.40. The molecule has 7 rings (SSSR count). The van der Waals surface area contributed by atoms with Gasteiger partial charge in [-0.3, -0.25) is 14.4 Å². The number of ether oxygens (including phenoxy) is 4. The Morgan fingerprint density at radius 3 is 2.41 bits per heavy atom. The summed E-state index contributed by atoms with van der Waals surface area (Å²) in [6.45, 7) is -1.83. The first kappa shape index (κ1) is 29.7. The van der Waals surface area contributed by atoms with Crippen molar-refractivity contribution in [3.63, 3.8) is 0 Å². The number of benzene rings is 1. The van der Waals surface area contributed by atoms with E-state index in [1.807, 2.05) is 0 Å². The maximum absolute atomic E-state index is 13.9. The maximum Gasteiger partial charge on any atom is 0.422 e. The van der Waals surface area contributed by atoms with Crippen LogP contribution in [0, 0.1) is 17.3 Å². The Balaban J connectivity index is 1.13. The quantitative estimate of drug-likeness (QED) is 0.295. The lowest BCUT2D eigenvalue weighted by Crippen LogP contribution is -2.69. The van der Waals surface area contributed by atoms with Gasteiger partial charge in [0.05, 0.1) is 13.2 Å². The number of nitrogens with zero attached hydrogens (tertiary/aromatic N) is 1. The Labute approximate surface area is 250 Å². The average Bonchev–Trinajstić information content (AvgIpc) is 3.93. The van der Waals surface area contributed by atoms with E-state index in [1.165, 1.54) is 11.1 Å². The van der Waals surface area contributed by atoms with Crippen LogP contribution in [0.15, 0.2) is 30.3 Å². The van der Waals surface area contributed by atoms with E-state index in [0.29, 0.717) is 11.1 Å². The molecule has 0 radical (unpaired) electrons. The molecule has 6 fully saturated rings. The van der Waals surface area contributed by atoms with E-state index in [4.69, 9.17) is 19.0 Å². The molecule has 2 N–H and O–H groups in total. The standard InChI is InChI=1S/C30H33F3N2O9/c31-29(32,33)15-40-21(37)10-5-16-1-3-17(4-2-16)14-35-24-26(38)41-20-13-28(24,27(39)34-11-12-36)25(44-35)23-22(20)42-30(43-23,18-6-7-18)19-8-9-19/h1-5,10,18-20,22-25,36H,6-9,11-15H2,(H,34,39)/t20-,22+,23+,24+,25-,28+/m1/s1. The van der Waals surface area contributed by atoms with Gasteiger partial charge in [-0.15, -0.1) is 0 Å². The fraction of sp³-hybridized carbons (Fsp3) is 0.633. The number of esters is 2. The van der Waals surface area contributed by atoms with Crippen molar-refractivity contribution >= 4 is 23.9 Å². The van der Waals surface area contributed by atoms with Gasteiger partial charge in [0.1, 0.15) is 29.8 Å². The summed E-state index contributed by atoms with van der Waals surface area (Å²) in [6.07, 6.45) is -0.962. The summed E-state index contributed by atoms with van der Waals surface area (Å²) < 4.78 is 60.4. The molecule has 0 unspecified atom stereocenters. The van der Waals surface area contributed by atoms with Gasteiger partial charge in [0.25, 0.3) is 0 Å². The number of aliphatic hydroxyl groups is 1. The molecule has 3 aliphatic heterocycles. The van der Waals surface area contributed by atoms with Crippen LogP contribution in [-0.2, 0) is 44.7 Å². The maximum atomic E-state index is 13.9. The number of hydrogen-bond donors (Lipinski definition) is 2. The molecule has 3 heterocycles. The van der Waals surface area contributed by atoms with Crippen LogP contribution in [0.2, 0.25) is 0 Å². The zero-order chi connectivity index (χ0) is 30.9. The largest absolute Gasteiger partial charge is 0.458 e. The van der Waals surface area contributed by atoms with Gasteiger partial charge in [0, 0.05) is 30.9 Å². The minimum atomic E-state index is -4.61. The number of hydrogen-bond acceptors (Lipinski definition) is 10. The zero-order valence-electron chi connectivity index (χ0n) is 23.7. The van der Waals surface area contributed by atoms with Gasteiger partial charge < -0.3 is 29.4 Å². The lowest BCUT2D eigenvalue weighted by atomic mass is 9.62. The number of rotatable bonds is 10. The molecular weight excluding hydrogens is 589 g/mol. The Kier molecular flexibility index (Phi) is 7.28. The first-order valence-electron chi connectivity index (χ1n) is 14.9. The zero-order valence-corrected chi connectivity index (χ0v) is 23.7. The third-order valence-corrected chi connectivity index (χ3v) is 9.41. The van der Waals surface area contributed by atoms with Crippen LogP contribution >= 0.6 is 0 Å². The molecule has 2 bridgehead atoms. The molecule has 6 aliphatic rings. The Morgan fingerprint density at radius 2 is 1.77 bits per heavy atom. The molecular formula is C30H33F3N2O9. The molecule has 14 heteroatoms. The fourth-order valence-electron chi connectivity index (χ4n) is 7.28. The van der Waals surface area contributed by atoms with E-state index in [2.05, 4.69) is 10.1 Å². The second kappa shape index (κ2) is 10.8. The monoisotopic (exact) mass is 622 g/mol. The molecule has 1 aromatic carbocycles. The topological polar surface area (TPSA) is 133 Å². The van der Waals surface area contributed by atoms with Gasteiger partial charge >= 0.3 is 18.1 Å². The van der Waals surface area contributed by atoms with Gasteiger partial charge in [0.15, 0.2) is 18.4 Å². The SMILES string of the molecule is O=C(C=Cc1ccc(CN2O[C@@H]3[C@H]4OC(C5CC5)(C5CC5)O[C@H]4[C@H]4C[C@]3(C(=O)NCCO)[C@@H]2C(=O)O4)cc1)OCC(F)(F)F. The molecule has 0 aromatic heterocycles. The van der Waals surface area contributed by atoms with Crippen molar-refractivity contribution in [2.45, 2.75) is 81.1 Å². The van der Waals surface area contributed by atoms with Crippen molar-refractivity contribution in [1.29, 1.82) is 0 Å². The molecule has 1 amide bonds. The molecule has 0 spiro atoms. The van der Waals surface area contributed by atoms with Crippen LogP contribution in [0.5, 0.6) is 0 Å². The fourth-order valence-corrected chi connectivity index (χ4v) is 7.28. The number of fused-ring (bicyclic) bond motifs is 4. The molecule has 6 atom stereocenters. The second-order valence-electron chi connectivity index (χ2n) is 12.4. The number of nitrogens with one attached hydrogen (secondary N) is 1. The molecule has 44 heavy (non-hydrogen) atoms. The van der Waals surface area contributed by atoms with E-state index in [9.17, 15) is 32.7 Å². The van der Waals surface area contributed by atoms with E-state index >= 15 is 0 Å². The van der Waals surface area contributed by atoms with Gasteiger partial charge in [-0.25, -0.2) is 4.79 Å². The minimum Gasteiger partial charge on any atom is -0.458 e. The van der Waals surface area contributed by atoms with Crippen molar-refractivity contribution in [2.24, 2.45) is 17.3 Å². The third-order valence-electron chi connectivity index (χ3n) is 9.41. The summed E-state index contributed by atoms with van der Waals surface area (Å²) >= 11 is 0. The number of alkyl halides is 3. The normalized spacial score (nSPS) is 34.1. The van der Waals surface area contributed by atoms with Crippen molar-refractivity contribution in [2.75, 3.05) is 19.8 Å². The van der Waals surface area contributed by atoms with Crippen molar-refractivity contribution in [3.05, 3.63) is 41.5 Å². The highest BCUT2D eigenvalue weighted by Crippen LogP contribution is 2.63. The highest BCUT2D eigenvalue weighted by Gasteiger charge is 2.78.